The number of carbonyl (C=O) groups excluding carboxylic acids is 1. The Kier molecular flexibility index (Phi) is 4.93. The topological polar surface area (TPSA) is 45.2 Å². The third kappa shape index (κ3) is 3.34. The molecule has 1 fully saturated rings. The summed E-state index contributed by atoms with van der Waals surface area (Å²) in [5.41, 5.74) is 0.501. The molecule has 2 rings (SSSR count). The normalized spacial score (nSPS) is 23.1. The molecule has 1 N–H and O–H groups in total. The molecule has 1 aliphatic carbocycles. The molecule has 1 aliphatic rings. The first-order valence-electron chi connectivity index (χ1n) is 6.68. The Labute approximate surface area is 122 Å². The van der Waals surface area contributed by atoms with E-state index in [4.69, 9.17) is 0 Å². The molecule has 0 aliphatic heterocycles. The number of halogens is 1. The summed E-state index contributed by atoms with van der Waals surface area (Å²) < 4.78 is 0.760. The highest BCUT2D eigenvalue weighted by atomic mass is 79.9. The largest absolute Gasteiger partial charge is 0.337 e. The first kappa shape index (κ1) is 14.5. The second kappa shape index (κ2) is 6.48. The zero-order valence-corrected chi connectivity index (χ0v) is 13.0. The Morgan fingerprint density at radius 3 is 2.68 bits per heavy atom. The van der Waals surface area contributed by atoms with E-state index in [1.165, 1.54) is 0 Å². The molecular formula is C14H20BrN3O. The standard InChI is InChI=1S/C14H20BrN3O/c1-16-10-5-7-11(8-6-10)18(2)14(19)13-12(15)4-3-9-17-13/h3-4,9-11,16H,5-8H2,1-2H3. The van der Waals surface area contributed by atoms with E-state index in [9.17, 15) is 4.79 Å². The molecule has 0 saturated heterocycles. The lowest BCUT2D eigenvalue weighted by Crippen LogP contribution is -2.42. The van der Waals surface area contributed by atoms with E-state index in [0.717, 1.165) is 30.2 Å². The molecule has 1 heterocycles. The van der Waals surface area contributed by atoms with Crippen LogP contribution in [0.4, 0.5) is 0 Å². The fraction of sp³-hybridized carbons (Fsp3) is 0.571. The van der Waals surface area contributed by atoms with E-state index in [-0.39, 0.29) is 5.91 Å². The summed E-state index contributed by atoms with van der Waals surface area (Å²) in [5, 5.41) is 3.31. The van der Waals surface area contributed by atoms with Crippen molar-refractivity contribution in [2.24, 2.45) is 0 Å². The van der Waals surface area contributed by atoms with Crippen molar-refractivity contribution in [3.8, 4) is 0 Å². The molecule has 0 spiro atoms. The van der Waals surface area contributed by atoms with Gasteiger partial charge in [-0.1, -0.05) is 0 Å². The number of hydrogen-bond donors (Lipinski definition) is 1. The predicted octanol–water partition coefficient (Wildman–Crippen LogP) is 2.45. The van der Waals surface area contributed by atoms with Crippen molar-refractivity contribution in [3.05, 3.63) is 28.5 Å². The third-order valence-electron chi connectivity index (χ3n) is 3.93. The van der Waals surface area contributed by atoms with Crippen LogP contribution in [-0.2, 0) is 0 Å². The molecule has 1 saturated carbocycles. The average molecular weight is 326 g/mol. The van der Waals surface area contributed by atoms with Gasteiger partial charge in [0.05, 0.1) is 0 Å². The Balaban J connectivity index is 2.02. The van der Waals surface area contributed by atoms with Gasteiger partial charge in [-0.15, -0.1) is 0 Å². The van der Waals surface area contributed by atoms with Crippen LogP contribution in [0.25, 0.3) is 0 Å². The van der Waals surface area contributed by atoms with Crippen molar-refractivity contribution in [1.82, 2.24) is 15.2 Å². The molecule has 5 heteroatoms. The fourth-order valence-corrected chi connectivity index (χ4v) is 3.05. The van der Waals surface area contributed by atoms with E-state index >= 15 is 0 Å². The minimum atomic E-state index is 0.000354. The monoisotopic (exact) mass is 325 g/mol. The summed E-state index contributed by atoms with van der Waals surface area (Å²) in [6.45, 7) is 0. The van der Waals surface area contributed by atoms with Crippen molar-refractivity contribution < 1.29 is 4.79 Å². The molecule has 19 heavy (non-hydrogen) atoms. The summed E-state index contributed by atoms with van der Waals surface area (Å²) in [7, 11) is 3.89. The van der Waals surface area contributed by atoms with Crippen molar-refractivity contribution >= 4 is 21.8 Å². The first-order valence-corrected chi connectivity index (χ1v) is 7.47. The predicted molar refractivity (Wildman–Crippen MR) is 79.1 cm³/mol. The summed E-state index contributed by atoms with van der Waals surface area (Å²) in [6.07, 6.45) is 6.02. The quantitative estimate of drug-likeness (QED) is 0.928. The van der Waals surface area contributed by atoms with Gasteiger partial charge >= 0.3 is 0 Å². The SMILES string of the molecule is CNC1CCC(N(C)C(=O)c2ncccc2Br)CC1. The van der Waals surface area contributed by atoms with Crippen molar-refractivity contribution in [1.29, 1.82) is 0 Å². The van der Waals surface area contributed by atoms with Gasteiger partial charge in [0.2, 0.25) is 0 Å². The Bertz CT molecular complexity index is 444. The highest BCUT2D eigenvalue weighted by molar-refractivity contribution is 9.10. The Morgan fingerprint density at radius 2 is 2.11 bits per heavy atom. The number of pyridine rings is 1. The number of aromatic nitrogens is 1. The van der Waals surface area contributed by atoms with E-state index in [0.29, 0.717) is 17.8 Å². The molecule has 1 aromatic rings. The summed E-state index contributed by atoms with van der Waals surface area (Å²) >= 11 is 3.39. The molecule has 104 valence electrons. The maximum Gasteiger partial charge on any atom is 0.273 e. The van der Waals surface area contributed by atoms with Crippen LogP contribution >= 0.6 is 15.9 Å². The van der Waals surface area contributed by atoms with Gasteiger partial charge in [0.15, 0.2) is 0 Å². The van der Waals surface area contributed by atoms with Crippen LogP contribution < -0.4 is 5.32 Å². The van der Waals surface area contributed by atoms with Crippen molar-refractivity contribution in [2.75, 3.05) is 14.1 Å². The van der Waals surface area contributed by atoms with Gasteiger partial charge in [-0.2, -0.15) is 0 Å². The smallest absolute Gasteiger partial charge is 0.273 e. The maximum absolute atomic E-state index is 12.4. The number of nitrogens with zero attached hydrogens (tertiary/aromatic N) is 2. The molecule has 1 amide bonds. The lowest BCUT2D eigenvalue weighted by atomic mass is 9.90. The molecule has 0 aromatic carbocycles. The summed E-state index contributed by atoms with van der Waals surface area (Å²) in [4.78, 5) is 18.5. The second-order valence-electron chi connectivity index (χ2n) is 5.04. The highest BCUT2D eigenvalue weighted by Crippen LogP contribution is 2.24. The second-order valence-corrected chi connectivity index (χ2v) is 5.90. The zero-order valence-electron chi connectivity index (χ0n) is 11.4. The first-order chi connectivity index (χ1) is 9.13. The van der Waals surface area contributed by atoms with Crippen LogP contribution in [-0.4, -0.2) is 42.0 Å². The molecule has 1 aromatic heterocycles. The number of hydrogen-bond acceptors (Lipinski definition) is 3. The maximum atomic E-state index is 12.4. The van der Waals surface area contributed by atoms with Gasteiger partial charge in [-0.3, -0.25) is 4.79 Å². The van der Waals surface area contributed by atoms with E-state index in [1.807, 2.05) is 31.1 Å². The van der Waals surface area contributed by atoms with Gasteiger partial charge in [0.25, 0.3) is 5.91 Å². The molecule has 0 bridgehead atoms. The van der Waals surface area contributed by atoms with Crippen LogP contribution in [0.3, 0.4) is 0 Å². The zero-order chi connectivity index (χ0) is 13.8. The number of amides is 1. The molecular weight excluding hydrogens is 306 g/mol. The van der Waals surface area contributed by atoms with Gasteiger partial charge in [-0.05, 0) is 60.8 Å². The molecule has 4 nitrogen and oxygen atoms in total. The van der Waals surface area contributed by atoms with Gasteiger partial charge in [0, 0.05) is 29.8 Å². The Hall–Kier alpha value is -0.940. The number of nitrogens with one attached hydrogen (secondary N) is 1. The summed E-state index contributed by atoms with van der Waals surface area (Å²) in [5.74, 6) is 0.000354. The van der Waals surface area contributed by atoms with Crippen LogP contribution in [0, 0.1) is 0 Å². The third-order valence-corrected chi connectivity index (χ3v) is 4.57. The summed E-state index contributed by atoms with van der Waals surface area (Å²) in [6, 6.07) is 4.60. The molecule has 0 radical (unpaired) electrons. The minimum absolute atomic E-state index is 0.000354. The van der Waals surface area contributed by atoms with Gasteiger partial charge < -0.3 is 10.2 Å². The van der Waals surface area contributed by atoms with E-state index in [1.54, 1.807) is 6.20 Å². The fourth-order valence-electron chi connectivity index (χ4n) is 2.63. The van der Waals surface area contributed by atoms with E-state index in [2.05, 4.69) is 26.2 Å². The van der Waals surface area contributed by atoms with Crippen molar-refractivity contribution in [2.45, 2.75) is 37.8 Å². The van der Waals surface area contributed by atoms with Gasteiger partial charge in [-0.25, -0.2) is 4.98 Å². The lowest BCUT2D eigenvalue weighted by Gasteiger charge is -2.34. The highest BCUT2D eigenvalue weighted by Gasteiger charge is 2.27. The lowest BCUT2D eigenvalue weighted by molar-refractivity contribution is 0.0679. The number of carbonyl (C=O) groups is 1. The van der Waals surface area contributed by atoms with Crippen molar-refractivity contribution in [3.63, 3.8) is 0 Å². The van der Waals surface area contributed by atoms with E-state index < -0.39 is 0 Å². The Morgan fingerprint density at radius 1 is 1.42 bits per heavy atom. The average Bonchev–Trinajstić information content (AvgIpc) is 2.46. The minimum Gasteiger partial charge on any atom is -0.337 e. The van der Waals surface area contributed by atoms with Crippen LogP contribution in [0.5, 0.6) is 0 Å². The van der Waals surface area contributed by atoms with Crippen LogP contribution in [0.15, 0.2) is 22.8 Å². The van der Waals surface area contributed by atoms with Gasteiger partial charge in [0.1, 0.15) is 5.69 Å². The van der Waals surface area contributed by atoms with Crippen LogP contribution in [0.1, 0.15) is 36.2 Å². The number of rotatable bonds is 3. The van der Waals surface area contributed by atoms with Crippen LogP contribution in [0.2, 0.25) is 0 Å². The molecule has 0 atom stereocenters. The molecule has 0 unspecified atom stereocenters.